The Bertz CT molecular complexity index is 769. The number of amides is 4. The first-order valence-electron chi connectivity index (χ1n) is 9.91. The Morgan fingerprint density at radius 2 is 2.18 bits per heavy atom. The van der Waals surface area contributed by atoms with Crippen molar-refractivity contribution < 1.29 is 14.4 Å². The molecule has 2 N–H and O–H groups in total. The molecule has 152 valence electrons. The molecule has 1 unspecified atom stereocenters. The molecular weight excluding hydrogens is 360 g/mol. The van der Waals surface area contributed by atoms with Crippen molar-refractivity contribution in [1.82, 2.24) is 30.5 Å². The van der Waals surface area contributed by atoms with Crippen LogP contribution in [0, 0.1) is 0 Å². The Hall–Kier alpha value is -2.71. The van der Waals surface area contributed by atoms with E-state index in [1.807, 2.05) is 13.8 Å². The van der Waals surface area contributed by atoms with Crippen molar-refractivity contribution in [2.75, 3.05) is 13.1 Å². The molecule has 0 aromatic carbocycles. The van der Waals surface area contributed by atoms with Gasteiger partial charge in [-0.15, -0.1) is 5.10 Å². The van der Waals surface area contributed by atoms with Crippen LogP contribution in [0.1, 0.15) is 57.7 Å². The quantitative estimate of drug-likeness (QED) is 0.516. The Morgan fingerprint density at radius 3 is 2.86 bits per heavy atom. The van der Waals surface area contributed by atoms with Gasteiger partial charge in [0.15, 0.2) is 0 Å². The van der Waals surface area contributed by atoms with Crippen molar-refractivity contribution in [2.45, 2.75) is 64.5 Å². The number of hydrogen-bond donors (Lipinski definition) is 2. The molecule has 2 heterocycles. The largest absolute Gasteiger partial charge is 0.354 e. The van der Waals surface area contributed by atoms with Crippen LogP contribution in [0.15, 0.2) is 17.8 Å². The lowest BCUT2D eigenvalue weighted by Gasteiger charge is -2.15. The van der Waals surface area contributed by atoms with Crippen LogP contribution in [-0.4, -0.2) is 56.9 Å². The van der Waals surface area contributed by atoms with Gasteiger partial charge in [0, 0.05) is 25.2 Å². The molecule has 1 aliphatic heterocycles. The highest BCUT2D eigenvalue weighted by Crippen LogP contribution is 2.19. The Morgan fingerprint density at radius 1 is 1.36 bits per heavy atom. The lowest BCUT2D eigenvalue weighted by molar-refractivity contribution is -0.132. The topological polar surface area (TPSA) is 109 Å². The molecule has 9 heteroatoms. The van der Waals surface area contributed by atoms with Gasteiger partial charge in [0.2, 0.25) is 5.91 Å². The summed E-state index contributed by atoms with van der Waals surface area (Å²) in [7, 11) is 0. The van der Waals surface area contributed by atoms with E-state index in [0.29, 0.717) is 12.2 Å². The number of urea groups is 1. The van der Waals surface area contributed by atoms with Crippen LogP contribution < -0.4 is 10.6 Å². The van der Waals surface area contributed by atoms with Crippen LogP contribution in [0.25, 0.3) is 0 Å². The molecule has 0 spiro atoms. The van der Waals surface area contributed by atoms with E-state index in [2.05, 4.69) is 27.0 Å². The molecule has 0 radical (unpaired) electrons. The lowest BCUT2D eigenvalue weighted by Crippen LogP contribution is -2.41. The van der Waals surface area contributed by atoms with Crippen molar-refractivity contribution in [3.05, 3.63) is 23.5 Å². The second-order valence-electron chi connectivity index (χ2n) is 7.62. The second-order valence-corrected chi connectivity index (χ2v) is 7.62. The fraction of sp³-hybridized carbons (Fsp3) is 0.632. The van der Waals surface area contributed by atoms with E-state index in [1.165, 1.54) is 18.4 Å². The molecule has 2 aliphatic rings. The molecule has 4 amide bonds. The van der Waals surface area contributed by atoms with Crippen molar-refractivity contribution >= 4 is 17.8 Å². The van der Waals surface area contributed by atoms with Gasteiger partial charge in [-0.2, -0.15) is 0 Å². The maximum atomic E-state index is 12.5. The van der Waals surface area contributed by atoms with Crippen LogP contribution in [-0.2, 0) is 16.0 Å². The fourth-order valence-corrected chi connectivity index (χ4v) is 3.43. The number of hydrogen-bond acceptors (Lipinski definition) is 5. The first-order valence-corrected chi connectivity index (χ1v) is 9.91. The molecule has 1 fully saturated rings. The number of allylic oxidation sites excluding steroid dienone is 1. The monoisotopic (exact) mass is 388 g/mol. The van der Waals surface area contributed by atoms with Crippen LogP contribution in [0.4, 0.5) is 4.79 Å². The van der Waals surface area contributed by atoms with Crippen LogP contribution >= 0.6 is 0 Å². The van der Waals surface area contributed by atoms with E-state index in [-0.39, 0.29) is 24.9 Å². The first-order chi connectivity index (χ1) is 13.4. The molecular formula is C19H28N6O3. The highest BCUT2D eigenvalue weighted by atomic mass is 16.2. The predicted octanol–water partition coefficient (Wildman–Crippen LogP) is 1.33. The second kappa shape index (κ2) is 8.99. The van der Waals surface area contributed by atoms with Crippen LogP contribution in [0.3, 0.4) is 0 Å². The fourth-order valence-electron chi connectivity index (χ4n) is 3.43. The van der Waals surface area contributed by atoms with Gasteiger partial charge >= 0.3 is 6.03 Å². The summed E-state index contributed by atoms with van der Waals surface area (Å²) in [6, 6.07) is -1.10. The zero-order chi connectivity index (χ0) is 20.1. The maximum Gasteiger partial charge on any atom is 0.325 e. The molecule has 28 heavy (non-hydrogen) atoms. The number of carbonyl (C=O) groups is 3. The molecule has 0 saturated carbocycles. The maximum absolute atomic E-state index is 12.5. The molecule has 0 bridgehead atoms. The van der Waals surface area contributed by atoms with Gasteiger partial charge in [-0.05, 0) is 46.0 Å². The van der Waals surface area contributed by atoms with Gasteiger partial charge in [-0.3, -0.25) is 14.5 Å². The summed E-state index contributed by atoms with van der Waals surface area (Å²) in [4.78, 5) is 37.7. The molecule has 1 aromatic rings. The summed E-state index contributed by atoms with van der Waals surface area (Å²) in [5, 5.41) is 13.5. The van der Waals surface area contributed by atoms with E-state index in [1.54, 1.807) is 10.9 Å². The third kappa shape index (κ3) is 4.96. The van der Waals surface area contributed by atoms with Gasteiger partial charge in [-0.25, -0.2) is 9.48 Å². The molecule has 3 rings (SSSR count). The van der Waals surface area contributed by atoms with E-state index >= 15 is 0 Å². The van der Waals surface area contributed by atoms with Crippen LogP contribution in [0.2, 0.25) is 0 Å². The predicted molar refractivity (Wildman–Crippen MR) is 102 cm³/mol. The minimum absolute atomic E-state index is 0.166. The summed E-state index contributed by atoms with van der Waals surface area (Å²) in [5.74, 6) is -0.736. The van der Waals surface area contributed by atoms with Crippen LogP contribution in [0.5, 0.6) is 0 Å². The zero-order valence-electron chi connectivity index (χ0n) is 16.5. The highest BCUT2D eigenvalue weighted by molar-refractivity contribution is 6.06. The number of nitrogens with zero attached hydrogens (tertiary/aromatic N) is 4. The van der Waals surface area contributed by atoms with Crippen molar-refractivity contribution in [3.63, 3.8) is 0 Å². The molecule has 1 aliphatic carbocycles. The first kappa shape index (κ1) is 20.0. The Kier molecular flexibility index (Phi) is 6.43. The molecule has 1 saturated heterocycles. The number of imide groups is 1. The summed E-state index contributed by atoms with van der Waals surface area (Å²) in [6.45, 7) is 4.22. The summed E-state index contributed by atoms with van der Waals surface area (Å²) in [5.41, 5.74) is 2.00. The van der Waals surface area contributed by atoms with E-state index < -0.39 is 18.0 Å². The third-order valence-corrected chi connectivity index (χ3v) is 5.06. The van der Waals surface area contributed by atoms with Crippen molar-refractivity contribution in [2.24, 2.45) is 0 Å². The zero-order valence-corrected chi connectivity index (χ0v) is 16.5. The Labute approximate surface area is 164 Å². The Balaban J connectivity index is 1.47. The highest BCUT2D eigenvalue weighted by Gasteiger charge is 2.39. The standard InChI is InChI=1S/C19H28N6O3/c1-13(2)25-11-15(22-23-25)10-16-18(27)24(19(28)21-16)12-17(26)20-9-8-14-6-4-3-5-7-14/h6,11,13,16H,3-5,7-10,12H2,1-2H3,(H,20,26)(H,21,28). The molecule has 1 atom stereocenters. The average molecular weight is 388 g/mol. The van der Waals surface area contributed by atoms with E-state index in [9.17, 15) is 14.4 Å². The summed E-state index contributed by atoms with van der Waals surface area (Å²) in [6.07, 6.45) is 9.71. The normalized spacial score (nSPS) is 19.8. The van der Waals surface area contributed by atoms with E-state index in [4.69, 9.17) is 0 Å². The van der Waals surface area contributed by atoms with Crippen molar-refractivity contribution in [1.29, 1.82) is 0 Å². The molecule has 9 nitrogen and oxygen atoms in total. The smallest absolute Gasteiger partial charge is 0.325 e. The summed E-state index contributed by atoms with van der Waals surface area (Å²) < 4.78 is 1.70. The van der Waals surface area contributed by atoms with Gasteiger partial charge in [-0.1, -0.05) is 16.9 Å². The molecule has 1 aromatic heterocycles. The number of nitrogens with one attached hydrogen (secondary N) is 2. The average Bonchev–Trinajstić information content (AvgIpc) is 3.24. The van der Waals surface area contributed by atoms with Gasteiger partial charge in [0.25, 0.3) is 5.91 Å². The SMILES string of the molecule is CC(C)n1cc(CC2NC(=O)N(CC(=O)NCCC3=CCCCC3)C2=O)nn1. The number of aromatic nitrogens is 3. The minimum atomic E-state index is -0.718. The van der Waals surface area contributed by atoms with Crippen molar-refractivity contribution in [3.8, 4) is 0 Å². The third-order valence-electron chi connectivity index (χ3n) is 5.06. The lowest BCUT2D eigenvalue weighted by atomic mass is 9.97. The number of carbonyl (C=O) groups excluding carboxylic acids is 3. The van der Waals surface area contributed by atoms with Gasteiger partial charge in [0.05, 0.1) is 5.69 Å². The number of rotatable bonds is 8. The minimum Gasteiger partial charge on any atom is -0.354 e. The van der Waals surface area contributed by atoms with Gasteiger partial charge < -0.3 is 10.6 Å². The van der Waals surface area contributed by atoms with Gasteiger partial charge in [0.1, 0.15) is 12.6 Å². The summed E-state index contributed by atoms with van der Waals surface area (Å²) >= 11 is 0. The van der Waals surface area contributed by atoms with E-state index in [0.717, 1.165) is 24.2 Å².